The Morgan fingerprint density at radius 3 is 2.55 bits per heavy atom. The van der Waals surface area contributed by atoms with Crippen LogP contribution in [0.4, 0.5) is 9.18 Å². The van der Waals surface area contributed by atoms with E-state index in [1.807, 2.05) is 0 Å². The summed E-state index contributed by atoms with van der Waals surface area (Å²) in [7, 11) is 0. The van der Waals surface area contributed by atoms with Crippen molar-refractivity contribution in [3.63, 3.8) is 0 Å². The third kappa shape index (κ3) is 5.83. The minimum absolute atomic E-state index is 0.173. The van der Waals surface area contributed by atoms with E-state index in [9.17, 15) is 14.0 Å². The van der Waals surface area contributed by atoms with Gasteiger partial charge in [0.05, 0.1) is 11.6 Å². The second-order valence-corrected chi connectivity index (χ2v) is 5.63. The highest BCUT2D eigenvalue weighted by Crippen LogP contribution is 2.10. The lowest BCUT2D eigenvalue weighted by atomic mass is 10.1. The molecular formula is C16H18FNO4. The highest BCUT2D eigenvalue weighted by Gasteiger charge is 2.17. The van der Waals surface area contributed by atoms with Gasteiger partial charge in [-0.15, -0.1) is 0 Å². The van der Waals surface area contributed by atoms with E-state index < -0.39 is 29.5 Å². The Morgan fingerprint density at radius 1 is 1.36 bits per heavy atom. The number of alkyl carbamates (subject to hydrolysis) is 1. The normalized spacial score (nSPS) is 11.9. The van der Waals surface area contributed by atoms with E-state index in [2.05, 4.69) is 17.2 Å². The van der Waals surface area contributed by atoms with E-state index in [4.69, 9.17) is 9.84 Å². The molecule has 0 spiro atoms. The van der Waals surface area contributed by atoms with Gasteiger partial charge in [-0.05, 0) is 45.9 Å². The van der Waals surface area contributed by atoms with Gasteiger partial charge in [0.25, 0.3) is 0 Å². The number of nitrogens with one attached hydrogen (secondary N) is 1. The summed E-state index contributed by atoms with van der Waals surface area (Å²) >= 11 is 0. The highest BCUT2D eigenvalue weighted by atomic mass is 19.1. The summed E-state index contributed by atoms with van der Waals surface area (Å²) in [4.78, 5) is 22.6. The second kappa shape index (κ2) is 6.94. The molecule has 22 heavy (non-hydrogen) atoms. The number of halogens is 1. The number of carbonyl (C=O) groups is 2. The fourth-order valence-corrected chi connectivity index (χ4v) is 1.51. The molecule has 0 fully saturated rings. The first-order valence-electron chi connectivity index (χ1n) is 6.62. The lowest BCUT2D eigenvalue weighted by molar-refractivity contribution is 0.0519. The number of rotatable bonds is 2. The van der Waals surface area contributed by atoms with Crippen LogP contribution in [0.1, 0.15) is 43.6 Å². The van der Waals surface area contributed by atoms with Crippen LogP contribution < -0.4 is 5.32 Å². The lowest BCUT2D eigenvalue weighted by Gasteiger charge is -2.20. The minimum Gasteiger partial charge on any atom is -0.478 e. The predicted molar refractivity (Wildman–Crippen MR) is 79.1 cm³/mol. The molecule has 0 bridgehead atoms. The smallest absolute Gasteiger partial charge is 0.408 e. The molecule has 1 amide bonds. The number of carboxylic acids is 1. The van der Waals surface area contributed by atoms with Gasteiger partial charge in [-0.3, -0.25) is 0 Å². The quantitative estimate of drug-likeness (QED) is 0.824. The molecule has 0 saturated carbocycles. The number of carbonyl (C=O) groups excluding carboxylic acids is 1. The van der Waals surface area contributed by atoms with Crippen molar-refractivity contribution in [2.24, 2.45) is 0 Å². The van der Waals surface area contributed by atoms with Gasteiger partial charge in [0.15, 0.2) is 0 Å². The van der Waals surface area contributed by atoms with Crippen molar-refractivity contribution in [1.29, 1.82) is 0 Å². The molecule has 2 N–H and O–H groups in total. The van der Waals surface area contributed by atoms with Gasteiger partial charge in [-0.1, -0.05) is 11.8 Å². The van der Waals surface area contributed by atoms with Gasteiger partial charge < -0.3 is 15.2 Å². The zero-order chi connectivity index (χ0) is 16.9. The summed E-state index contributed by atoms with van der Waals surface area (Å²) in [5.74, 6) is 3.39. The predicted octanol–water partition coefficient (Wildman–Crippen LogP) is 2.79. The van der Waals surface area contributed by atoms with Crippen molar-refractivity contribution in [3.8, 4) is 11.8 Å². The van der Waals surface area contributed by atoms with Gasteiger partial charge in [0.2, 0.25) is 0 Å². The van der Waals surface area contributed by atoms with Crippen LogP contribution in [0.2, 0.25) is 0 Å². The minimum atomic E-state index is -1.27. The molecule has 1 aromatic carbocycles. The van der Waals surface area contributed by atoms with Crippen LogP contribution in [0.3, 0.4) is 0 Å². The Balaban J connectivity index is 2.82. The molecule has 0 aromatic heterocycles. The average Bonchev–Trinajstić information content (AvgIpc) is 2.34. The molecule has 0 radical (unpaired) electrons. The number of hydrogen-bond acceptors (Lipinski definition) is 3. The summed E-state index contributed by atoms with van der Waals surface area (Å²) in [5.41, 5.74) is -0.672. The summed E-state index contributed by atoms with van der Waals surface area (Å²) in [6.45, 7) is 6.84. The van der Waals surface area contributed by atoms with E-state index in [0.29, 0.717) is 0 Å². The first kappa shape index (κ1) is 17.5. The van der Waals surface area contributed by atoms with Crippen molar-refractivity contribution in [2.45, 2.75) is 39.3 Å². The monoisotopic (exact) mass is 307 g/mol. The molecule has 1 rings (SSSR count). The van der Waals surface area contributed by atoms with Crippen LogP contribution >= 0.6 is 0 Å². The van der Waals surface area contributed by atoms with E-state index >= 15 is 0 Å². The average molecular weight is 307 g/mol. The number of hydrogen-bond donors (Lipinski definition) is 2. The number of ether oxygens (including phenoxy) is 1. The molecule has 0 aliphatic carbocycles. The molecule has 6 heteroatoms. The molecule has 0 heterocycles. The second-order valence-electron chi connectivity index (χ2n) is 5.63. The zero-order valence-electron chi connectivity index (χ0n) is 12.9. The van der Waals surface area contributed by atoms with Gasteiger partial charge >= 0.3 is 12.1 Å². The maximum Gasteiger partial charge on any atom is 0.408 e. The fraction of sp³-hybridized carbons (Fsp3) is 0.375. The Bertz CT molecular complexity index is 638. The lowest BCUT2D eigenvalue weighted by Crippen LogP contribution is -2.37. The van der Waals surface area contributed by atoms with Crippen molar-refractivity contribution in [3.05, 3.63) is 35.1 Å². The zero-order valence-corrected chi connectivity index (χ0v) is 12.9. The number of aromatic carboxylic acids is 1. The van der Waals surface area contributed by atoms with Crippen LogP contribution in [-0.2, 0) is 4.74 Å². The maximum absolute atomic E-state index is 13.1. The van der Waals surface area contributed by atoms with E-state index in [-0.39, 0.29) is 11.1 Å². The van der Waals surface area contributed by atoms with Crippen molar-refractivity contribution in [2.75, 3.05) is 0 Å². The van der Waals surface area contributed by atoms with E-state index in [1.54, 1.807) is 27.7 Å². The standard InChI is InChI=1S/C16H18FNO4/c1-10(18-15(21)22-16(2,3)4)5-6-11-7-8-12(17)9-13(11)14(19)20/h7-10H,1-4H3,(H,18,21)(H,19,20)/t10-/m0/s1. The third-order valence-electron chi connectivity index (χ3n) is 2.37. The van der Waals surface area contributed by atoms with E-state index in [1.165, 1.54) is 6.07 Å². The molecule has 5 nitrogen and oxygen atoms in total. The van der Waals surface area contributed by atoms with Crippen LogP contribution in [0.15, 0.2) is 18.2 Å². The molecule has 0 aliphatic heterocycles. The van der Waals surface area contributed by atoms with Crippen molar-refractivity contribution >= 4 is 12.1 Å². The number of carboxylic acid groups (broad SMARTS) is 1. The van der Waals surface area contributed by atoms with Crippen LogP contribution in [0.5, 0.6) is 0 Å². The molecule has 0 aliphatic rings. The Kier molecular flexibility index (Phi) is 5.52. The van der Waals surface area contributed by atoms with Gasteiger partial charge in [-0.25, -0.2) is 14.0 Å². The summed E-state index contributed by atoms with van der Waals surface area (Å²) < 4.78 is 18.1. The molecule has 118 valence electrons. The van der Waals surface area contributed by atoms with Gasteiger partial charge in [0, 0.05) is 5.56 Å². The van der Waals surface area contributed by atoms with Gasteiger partial charge in [-0.2, -0.15) is 0 Å². The van der Waals surface area contributed by atoms with Crippen LogP contribution in [0, 0.1) is 17.7 Å². The Labute approximate surface area is 128 Å². The molecule has 0 unspecified atom stereocenters. The number of benzene rings is 1. The summed E-state index contributed by atoms with van der Waals surface area (Å²) in [6, 6.07) is 2.76. The SMILES string of the molecule is C[C@@H](C#Cc1ccc(F)cc1C(=O)O)NC(=O)OC(C)(C)C. The molecule has 1 aromatic rings. The summed E-state index contributed by atoms with van der Waals surface area (Å²) in [5, 5.41) is 11.5. The van der Waals surface area contributed by atoms with Crippen LogP contribution in [0.25, 0.3) is 0 Å². The number of amides is 1. The largest absolute Gasteiger partial charge is 0.478 e. The summed E-state index contributed by atoms with van der Waals surface area (Å²) in [6.07, 6.45) is -0.619. The fourth-order valence-electron chi connectivity index (χ4n) is 1.51. The van der Waals surface area contributed by atoms with Crippen molar-refractivity contribution < 1.29 is 23.8 Å². The highest BCUT2D eigenvalue weighted by molar-refractivity contribution is 5.90. The Morgan fingerprint density at radius 2 is 2.00 bits per heavy atom. The Hall–Kier alpha value is -2.55. The van der Waals surface area contributed by atoms with E-state index in [0.717, 1.165) is 12.1 Å². The maximum atomic E-state index is 13.1. The molecule has 0 saturated heterocycles. The third-order valence-corrected chi connectivity index (χ3v) is 2.37. The van der Waals surface area contributed by atoms with Crippen LogP contribution in [-0.4, -0.2) is 28.8 Å². The molecular weight excluding hydrogens is 289 g/mol. The topological polar surface area (TPSA) is 75.6 Å². The molecule has 1 atom stereocenters. The first-order chi connectivity index (χ1) is 10.1. The first-order valence-corrected chi connectivity index (χ1v) is 6.62. The van der Waals surface area contributed by atoms with Crippen molar-refractivity contribution in [1.82, 2.24) is 5.32 Å². The van der Waals surface area contributed by atoms with Gasteiger partial charge in [0.1, 0.15) is 11.4 Å².